The fourth-order valence-electron chi connectivity index (χ4n) is 2.94. The van der Waals surface area contributed by atoms with Gasteiger partial charge in [0.25, 0.3) is 0 Å². The summed E-state index contributed by atoms with van der Waals surface area (Å²) in [5.74, 6) is 0.753. The van der Waals surface area contributed by atoms with Crippen LogP contribution in [-0.2, 0) is 14.8 Å². The number of nitrogens with zero attached hydrogens (tertiary/aromatic N) is 1. The van der Waals surface area contributed by atoms with Crippen molar-refractivity contribution in [3.63, 3.8) is 0 Å². The highest BCUT2D eigenvalue weighted by molar-refractivity contribution is 7.89. The van der Waals surface area contributed by atoms with Crippen molar-refractivity contribution >= 4 is 10.0 Å². The molecule has 1 aromatic carbocycles. The first-order valence-electron chi connectivity index (χ1n) is 8.27. The van der Waals surface area contributed by atoms with Crippen LogP contribution in [0.1, 0.15) is 31.4 Å². The minimum Gasteiger partial charge on any atom is -0.384 e. The third kappa shape index (κ3) is 5.88. The van der Waals surface area contributed by atoms with Gasteiger partial charge in [-0.15, -0.1) is 0 Å². The van der Waals surface area contributed by atoms with E-state index in [1.165, 1.54) is 20.0 Å². The van der Waals surface area contributed by atoms with Gasteiger partial charge in [0.05, 0.1) is 12.4 Å². The fraction of sp³-hybridized carbons (Fsp3) is 0.647. The molecule has 0 aliphatic carbocycles. The summed E-state index contributed by atoms with van der Waals surface area (Å²) in [6.07, 6.45) is 2.33. The molecule has 0 spiro atoms. The first-order valence-corrected chi connectivity index (χ1v) is 9.92. The monoisotopic (exact) mass is 340 g/mol. The van der Waals surface area contributed by atoms with Crippen molar-refractivity contribution in [1.29, 1.82) is 0 Å². The Labute approximate surface area is 140 Å². The van der Waals surface area contributed by atoms with Crippen molar-refractivity contribution in [3.8, 4) is 0 Å². The van der Waals surface area contributed by atoms with Gasteiger partial charge in [-0.2, -0.15) is 0 Å². The number of likely N-dealkylation sites (tertiary alicyclic amines) is 1. The van der Waals surface area contributed by atoms with Gasteiger partial charge >= 0.3 is 0 Å². The van der Waals surface area contributed by atoms with Crippen molar-refractivity contribution in [2.24, 2.45) is 5.92 Å². The number of ether oxygens (including phenoxy) is 1. The fourth-order valence-corrected chi connectivity index (χ4v) is 3.89. The lowest BCUT2D eigenvalue weighted by Crippen LogP contribution is -2.42. The molecule has 0 amide bonds. The van der Waals surface area contributed by atoms with Crippen LogP contribution >= 0.6 is 0 Å². The van der Waals surface area contributed by atoms with E-state index in [4.69, 9.17) is 4.74 Å². The highest BCUT2D eigenvalue weighted by atomic mass is 32.2. The standard InChI is InChI=1S/C17H28N2O3S/c1-15-8-10-19(11-9-15)17(16-6-4-3-5-7-16)14-18-23(20,21)13-12-22-2/h3-7,15,17-18H,8-14H2,1-2H3. The average Bonchev–Trinajstić information content (AvgIpc) is 2.56. The van der Waals surface area contributed by atoms with Gasteiger partial charge in [0.1, 0.15) is 0 Å². The molecule has 2 rings (SSSR count). The molecular formula is C17H28N2O3S. The van der Waals surface area contributed by atoms with Gasteiger partial charge in [-0.25, -0.2) is 13.1 Å². The van der Waals surface area contributed by atoms with E-state index >= 15 is 0 Å². The summed E-state index contributed by atoms with van der Waals surface area (Å²) in [5, 5.41) is 0. The first kappa shape index (κ1) is 18.4. The molecule has 0 radical (unpaired) electrons. The summed E-state index contributed by atoms with van der Waals surface area (Å²) < 4.78 is 31.7. The Hall–Kier alpha value is -0.950. The molecule has 23 heavy (non-hydrogen) atoms. The second kappa shape index (κ2) is 8.78. The number of sulfonamides is 1. The van der Waals surface area contributed by atoms with Crippen molar-refractivity contribution in [2.75, 3.05) is 39.1 Å². The first-order chi connectivity index (χ1) is 11.0. The van der Waals surface area contributed by atoms with E-state index in [0.29, 0.717) is 6.54 Å². The third-order valence-electron chi connectivity index (χ3n) is 4.50. The summed E-state index contributed by atoms with van der Waals surface area (Å²) >= 11 is 0. The lowest BCUT2D eigenvalue weighted by Gasteiger charge is -2.37. The molecule has 1 aromatic rings. The normalized spacial score (nSPS) is 18.9. The molecule has 0 aromatic heterocycles. The highest BCUT2D eigenvalue weighted by Crippen LogP contribution is 2.26. The van der Waals surface area contributed by atoms with Crippen LogP contribution in [0.5, 0.6) is 0 Å². The van der Waals surface area contributed by atoms with Crippen molar-refractivity contribution in [1.82, 2.24) is 9.62 Å². The molecule has 1 saturated heterocycles. The Bertz CT molecular complexity index is 554. The summed E-state index contributed by atoms with van der Waals surface area (Å²) in [7, 11) is -1.79. The SMILES string of the molecule is COCCS(=O)(=O)NCC(c1ccccc1)N1CCC(C)CC1. The predicted octanol–water partition coefficient (Wildman–Crippen LogP) is 2.03. The molecule has 1 fully saturated rings. The maximum Gasteiger partial charge on any atom is 0.213 e. The number of hydrogen-bond acceptors (Lipinski definition) is 4. The Morgan fingerprint density at radius 1 is 1.26 bits per heavy atom. The molecule has 5 nitrogen and oxygen atoms in total. The van der Waals surface area contributed by atoms with Crippen LogP contribution in [0.4, 0.5) is 0 Å². The summed E-state index contributed by atoms with van der Waals surface area (Å²) in [5.41, 5.74) is 1.16. The molecule has 1 aliphatic heterocycles. The molecule has 1 N–H and O–H groups in total. The Morgan fingerprint density at radius 3 is 2.52 bits per heavy atom. The maximum absolute atomic E-state index is 12.1. The van der Waals surface area contributed by atoms with Gasteiger partial charge < -0.3 is 4.74 Å². The van der Waals surface area contributed by atoms with E-state index in [2.05, 4.69) is 28.7 Å². The molecule has 1 unspecified atom stereocenters. The summed E-state index contributed by atoms with van der Waals surface area (Å²) in [6.45, 7) is 4.93. The number of nitrogens with one attached hydrogen (secondary N) is 1. The number of methoxy groups -OCH3 is 1. The van der Waals surface area contributed by atoms with E-state index in [0.717, 1.165) is 24.6 Å². The quantitative estimate of drug-likeness (QED) is 0.787. The number of piperidine rings is 1. The van der Waals surface area contributed by atoms with Gasteiger partial charge in [-0.1, -0.05) is 37.3 Å². The van der Waals surface area contributed by atoms with Gasteiger partial charge in [0.2, 0.25) is 10.0 Å². The van der Waals surface area contributed by atoms with E-state index in [-0.39, 0.29) is 18.4 Å². The van der Waals surface area contributed by atoms with Crippen LogP contribution in [0.2, 0.25) is 0 Å². The van der Waals surface area contributed by atoms with E-state index in [9.17, 15) is 8.42 Å². The molecule has 0 bridgehead atoms. The Balaban J connectivity index is 2.05. The molecule has 1 heterocycles. The largest absolute Gasteiger partial charge is 0.384 e. The lowest BCUT2D eigenvalue weighted by atomic mass is 9.96. The Morgan fingerprint density at radius 2 is 1.91 bits per heavy atom. The van der Waals surface area contributed by atoms with Gasteiger partial charge in [0, 0.05) is 19.7 Å². The molecular weight excluding hydrogens is 312 g/mol. The van der Waals surface area contributed by atoms with E-state index < -0.39 is 10.0 Å². The van der Waals surface area contributed by atoms with Gasteiger partial charge in [-0.05, 0) is 37.4 Å². The maximum atomic E-state index is 12.1. The van der Waals surface area contributed by atoms with Crippen LogP contribution in [0.15, 0.2) is 30.3 Å². The van der Waals surface area contributed by atoms with Crippen LogP contribution in [0.3, 0.4) is 0 Å². The highest BCUT2D eigenvalue weighted by Gasteiger charge is 2.25. The van der Waals surface area contributed by atoms with Crippen LogP contribution < -0.4 is 4.72 Å². The minimum atomic E-state index is -3.30. The van der Waals surface area contributed by atoms with Crippen molar-refractivity contribution in [2.45, 2.75) is 25.8 Å². The third-order valence-corrected chi connectivity index (χ3v) is 5.81. The minimum absolute atomic E-state index is 0.00203. The Kier molecular flexibility index (Phi) is 7.02. The summed E-state index contributed by atoms with van der Waals surface area (Å²) in [6, 6.07) is 10.2. The molecule has 130 valence electrons. The second-order valence-corrected chi connectivity index (χ2v) is 8.23. The number of hydrogen-bond donors (Lipinski definition) is 1. The zero-order valence-electron chi connectivity index (χ0n) is 14.1. The molecule has 1 atom stereocenters. The molecule has 0 saturated carbocycles. The zero-order chi connectivity index (χ0) is 16.7. The smallest absolute Gasteiger partial charge is 0.213 e. The topological polar surface area (TPSA) is 58.6 Å². The number of rotatable bonds is 8. The average molecular weight is 340 g/mol. The second-order valence-electron chi connectivity index (χ2n) is 6.31. The van der Waals surface area contributed by atoms with Gasteiger partial charge in [0.15, 0.2) is 0 Å². The number of benzene rings is 1. The van der Waals surface area contributed by atoms with E-state index in [1.54, 1.807) is 0 Å². The van der Waals surface area contributed by atoms with Crippen molar-refractivity contribution < 1.29 is 13.2 Å². The van der Waals surface area contributed by atoms with E-state index in [1.807, 2.05) is 18.2 Å². The summed E-state index contributed by atoms with van der Waals surface area (Å²) in [4.78, 5) is 2.40. The zero-order valence-corrected chi connectivity index (χ0v) is 14.9. The van der Waals surface area contributed by atoms with Crippen LogP contribution in [0.25, 0.3) is 0 Å². The predicted molar refractivity (Wildman–Crippen MR) is 92.8 cm³/mol. The van der Waals surface area contributed by atoms with Crippen molar-refractivity contribution in [3.05, 3.63) is 35.9 Å². The van der Waals surface area contributed by atoms with Crippen LogP contribution in [-0.4, -0.2) is 52.4 Å². The molecule has 6 heteroatoms. The molecule has 1 aliphatic rings. The van der Waals surface area contributed by atoms with Crippen LogP contribution in [0, 0.1) is 5.92 Å². The van der Waals surface area contributed by atoms with Gasteiger partial charge in [-0.3, -0.25) is 4.90 Å². The lowest BCUT2D eigenvalue weighted by molar-refractivity contribution is 0.139.